The van der Waals surface area contributed by atoms with Crippen LogP contribution in [0, 0.1) is 11.8 Å². The SMILES string of the molecule is COc1ccccc1CNC(=O)C1CC1C(=O)NCCc1ccccc1. The number of benzene rings is 2. The summed E-state index contributed by atoms with van der Waals surface area (Å²) in [6.45, 7) is 0.997. The van der Waals surface area contributed by atoms with E-state index in [2.05, 4.69) is 10.6 Å². The molecule has 2 aromatic carbocycles. The van der Waals surface area contributed by atoms with Crippen LogP contribution in [0.5, 0.6) is 5.75 Å². The van der Waals surface area contributed by atoms with Crippen LogP contribution in [0.1, 0.15) is 17.5 Å². The Hall–Kier alpha value is -2.82. The van der Waals surface area contributed by atoms with Gasteiger partial charge in [-0.25, -0.2) is 0 Å². The maximum atomic E-state index is 12.3. The third-order valence-corrected chi connectivity index (χ3v) is 4.67. The Morgan fingerprint density at radius 1 is 0.962 bits per heavy atom. The van der Waals surface area contributed by atoms with Crippen molar-refractivity contribution in [2.24, 2.45) is 11.8 Å². The lowest BCUT2D eigenvalue weighted by molar-refractivity contribution is -0.127. The zero-order valence-electron chi connectivity index (χ0n) is 14.9. The smallest absolute Gasteiger partial charge is 0.224 e. The van der Waals surface area contributed by atoms with Crippen LogP contribution in [0.25, 0.3) is 0 Å². The molecule has 136 valence electrons. The van der Waals surface area contributed by atoms with Crippen molar-refractivity contribution in [3.63, 3.8) is 0 Å². The van der Waals surface area contributed by atoms with Gasteiger partial charge in [-0.2, -0.15) is 0 Å². The molecule has 2 N–H and O–H groups in total. The molecule has 0 bridgehead atoms. The van der Waals surface area contributed by atoms with Crippen molar-refractivity contribution in [2.75, 3.05) is 13.7 Å². The average Bonchev–Trinajstić information content (AvgIpc) is 3.48. The molecular weight excluding hydrogens is 328 g/mol. The van der Waals surface area contributed by atoms with E-state index in [1.807, 2.05) is 54.6 Å². The summed E-state index contributed by atoms with van der Waals surface area (Å²) in [6, 6.07) is 17.6. The minimum Gasteiger partial charge on any atom is -0.496 e. The largest absolute Gasteiger partial charge is 0.496 e. The number of carbonyl (C=O) groups is 2. The van der Waals surface area contributed by atoms with Gasteiger partial charge in [-0.05, 0) is 24.5 Å². The molecule has 0 aliphatic heterocycles. The van der Waals surface area contributed by atoms with Crippen molar-refractivity contribution in [3.8, 4) is 5.75 Å². The minimum atomic E-state index is -0.221. The van der Waals surface area contributed by atoms with E-state index in [0.717, 1.165) is 17.7 Å². The van der Waals surface area contributed by atoms with Crippen LogP contribution < -0.4 is 15.4 Å². The molecule has 26 heavy (non-hydrogen) atoms. The highest BCUT2D eigenvalue weighted by molar-refractivity contribution is 5.92. The molecule has 2 unspecified atom stereocenters. The summed E-state index contributed by atoms with van der Waals surface area (Å²) in [5.74, 6) is 0.223. The van der Waals surface area contributed by atoms with E-state index >= 15 is 0 Å². The third-order valence-electron chi connectivity index (χ3n) is 4.67. The summed E-state index contributed by atoms with van der Waals surface area (Å²) in [5.41, 5.74) is 2.11. The number of carbonyl (C=O) groups excluding carboxylic acids is 2. The fraction of sp³-hybridized carbons (Fsp3) is 0.333. The van der Waals surface area contributed by atoms with Crippen LogP contribution in [0.2, 0.25) is 0 Å². The minimum absolute atomic E-state index is 0.0293. The molecule has 2 atom stereocenters. The molecule has 5 heteroatoms. The second kappa shape index (κ2) is 8.52. The topological polar surface area (TPSA) is 67.4 Å². The van der Waals surface area contributed by atoms with Crippen molar-refractivity contribution in [3.05, 3.63) is 65.7 Å². The number of hydrogen-bond acceptors (Lipinski definition) is 3. The Balaban J connectivity index is 1.40. The maximum Gasteiger partial charge on any atom is 0.224 e. The highest BCUT2D eigenvalue weighted by atomic mass is 16.5. The van der Waals surface area contributed by atoms with Crippen LogP contribution in [0.3, 0.4) is 0 Å². The highest BCUT2D eigenvalue weighted by Gasteiger charge is 2.47. The quantitative estimate of drug-likeness (QED) is 0.766. The zero-order chi connectivity index (χ0) is 18.4. The van der Waals surface area contributed by atoms with Gasteiger partial charge in [-0.3, -0.25) is 9.59 Å². The molecule has 5 nitrogen and oxygen atoms in total. The lowest BCUT2D eigenvalue weighted by atomic mass is 10.1. The van der Waals surface area contributed by atoms with Gasteiger partial charge in [0.2, 0.25) is 11.8 Å². The van der Waals surface area contributed by atoms with Gasteiger partial charge in [0, 0.05) is 18.7 Å². The van der Waals surface area contributed by atoms with Gasteiger partial charge in [0.25, 0.3) is 0 Å². The monoisotopic (exact) mass is 352 g/mol. The summed E-state index contributed by atoms with van der Waals surface area (Å²) < 4.78 is 5.28. The molecule has 0 spiro atoms. The van der Waals surface area contributed by atoms with Gasteiger partial charge < -0.3 is 15.4 Å². The molecule has 0 radical (unpaired) electrons. The van der Waals surface area contributed by atoms with Crippen molar-refractivity contribution in [1.82, 2.24) is 10.6 Å². The predicted molar refractivity (Wildman–Crippen MR) is 99.6 cm³/mol. The number of ether oxygens (including phenoxy) is 1. The summed E-state index contributed by atoms with van der Waals surface area (Å²) in [7, 11) is 1.61. The molecule has 1 aliphatic carbocycles. The number of nitrogens with one attached hydrogen (secondary N) is 2. The van der Waals surface area contributed by atoms with Crippen molar-refractivity contribution in [1.29, 1.82) is 0 Å². The van der Waals surface area contributed by atoms with E-state index in [1.54, 1.807) is 7.11 Å². The van der Waals surface area contributed by atoms with Crippen LogP contribution >= 0.6 is 0 Å². The molecule has 1 aliphatic rings. The van der Waals surface area contributed by atoms with E-state index in [4.69, 9.17) is 4.74 Å². The summed E-state index contributed by atoms with van der Waals surface area (Å²) in [6.07, 6.45) is 1.42. The summed E-state index contributed by atoms with van der Waals surface area (Å²) >= 11 is 0. The standard InChI is InChI=1S/C21H24N2O3/c1-26-19-10-6-5-9-16(19)14-23-21(25)18-13-17(18)20(24)22-12-11-15-7-3-2-4-8-15/h2-10,17-18H,11-14H2,1H3,(H,22,24)(H,23,25). The second-order valence-corrected chi connectivity index (χ2v) is 6.50. The van der Waals surface area contributed by atoms with Crippen LogP contribution in [-0.2, 0) is 22.6 Å². The Bertz CT molecular complexity index is 761. The number of methoxy groups -OCH3 is 1. The van der Waals surface area contributed by atoms with E-state index in [0.29, 0.717) is 19.5 Å². The normalized spacial score (nSPS) is 18.0. The number of amides is 2. The Morgan fingerprint density at radius 3 is 2.35 bits per heavy atom. The predicted octanol–water partition coefficient (Wildman–Crippen LogP) is 2.31. The van der Waals surface area contributed by atoms with Crippen molar-refractivity contribution in [2.45, 2.75) is 19.4 Å². The summed E-state index contributed by atoms with van der Waals surface area (Å²) in [5, 5.41) is 5.83. The van der Waals surface area contributed by atoms with Gasteiger partial charge in [-0.1, -0.05) is 48.5 Å². The van der Waals surface area contributed by atoms with Gasteiger partial charge >= 0.3 is 0 Å². The molecule has 3 rings (SSSR count). The summed E-state index contributed by atoms with van der Waals surface area (Å²) in [4.78, 5) is 24.4. The fourth-order valence-corrected chi connectivity index (χ4v) is 3.04. The lowest BCUT2D eigenvalue weighted by Gasteiger charge is -2.09. The van der Waals surface area contributed by atoms with Crippen LogP contribution in [0.15, 0.2) is 54.6 Å². The second-order valence-electron chi connectivity index (χ2n) is 6.50. The maximum absolute atomic E-state index is 12.3. The molecule has 2 amide bonds. The number of hydrogen-bond donors (Lipinski definition) is 2. The molecular formula is C21H24N2O3. The van der Waals surface area contributed by atoms with E-state index in [1.165, 1.54) is 5.56 Å². The van der Waals surface area contributed by atoms with Gasteiger partial charge in [0.15, 0.2) is 0 Å². The molecule has 0 heterocycles. The molecule has 0 saturated heterocycles. The van der Waals surface area contributed by atoms with E-state index in [9.17, 15) is 9.59 Å². The van der Waals surface area contributed by atoms with Crippen molar-refractivity contribution < 1.29 is 14.3 Å². The molecule has 1 fully saturated rings. The first-order valence-corrected chi connectivity index (χ1v) is 8.90. The first kappa shape index (κ1) is 18.0. The molecule has 1 saturated carbocycles. The fourth-order valence-electron chi connectivity index (χ4n) is 3.04. The number of rotatable bonds is 8. The zero-order valence-corrected chi connectivity index (χ0v) is 14.9. The molecule has 2 aromatic rings. The first-order chi connectivity index (χ1) is 12.7. The van der Waals surface area contributed by atoms with Gasteiger partial charge in [0.1, 0.15) is 5.75 Å². The van der Waals surface area contributed by atoms with Gasteiger partial charge in [-0.15, -0.1) is 0 Å². The van der Waals surface area contributed by atoms with Crippen molar-refractivity contribution >= 4 is 11.8 Å². The third kappa shape index (κ3) is 4.63. The lowest BCUT2D eigenvalue weighted by Crippen LogP contribution is -2.31. The number of para-hydroxylation sites is 1. The average molecular weight is 352 g/mol. The highest BCUT2D eigenvalue weighted by Crippen LogP contribution is 2.38. The Morgan fingerprint density at radius 2 is 1.62 bits per heavy atom. The first-order valence-electron chi connectivity index (χ1n) is 8.90. The van der Waals surface area contributed by atoms with Gasteiger partial charge in [0.05, 0.1) is 18.9 Å². The van der Waals surface area contributed by atoms with E-state index < -0.39 is 0 Å². The van der Waals surface area contributed by atoms with E-state index in [-0.39, 0.29) is 23.7 Å². The Labute approximate surface area is 153 Å². The van der Waals surface area contributed by atoms with Crippen LogP contribution in [0.4, 0.5) is 0 Å². The Kier molecular flexibility index (Phi) is 5.89. The van der Waals surface area contributed by atoms with Crippen LogP contribution in [-0.4, -0.2) is 25.5 Å². The molecule has 0 aromatic heterocycles.